The number of rotatable bonds is 6. The number of benzene rings is 2. The number of ether oxygens (including phenoxy) is 1. The van der Waals surface area contributed by atoms with E-state index < -0.39 is 12.0 Å². The number of hydrogen-bond donors (Lipinski definition) is 2. The molecule has 0 bridgehead atoms. The van der Waals surface area contributed by atoms with E-state index in [0.717, 1.165) is 22.4 Å². The maximum atomic E-state index is 11.5. The van der Waals surface area contributed by atoms with Gasteiger partial charge >= 0.3 is 5.97 Å². The highest BCUT2D eigenvalue weighted by Gasteiger charge is 2.18. The first-order chi connectivity index (χ1) is 10.1. The highest BCUT2D eigenvalue weighted by atomic mass is 16.5. The van der Waals surface area contributed by atoms with Crippen LogP contribution in [0.2, 0.25) is 0 Å². The molecule has 0 aromatic heterocycles. The van der Waals surface area contributed by atoms with Gasteiger partial charge in [-0.15, -0.1) is 0 Å². The lowest BCUT2D eigenvalue weighted by atomic mass is 10.0. The van der Waals surface area contributed by atoms with Crippen molar-refractivity contribution in [1.82, 2.24) is 5.32 Å². The summed E-state index contributed by atoms with van der Waals surface area (Å²) in [7, 11) is 1.62. The van der Waals surface area contributed by atoms with Crippen molar-refractivity contribution in [3.63, 3.8) is 0 Å². The van der Waals surface area contributed by atoms with Gasteiger partial charge < -0.3 is 9.84 Å². The summed E-state index contributed by atoms with van der Waals surface area (Å²) in [5, 5.41) is 12.5. The summed E-state index contributed by atoms with van der Waals surface area (Å²) in [5.74, 6) is -0.0960. The second-order valence-electron chi connectivity index (χ2n) is 4.91. The Hall–Kier alpha value is -2.33. The van der Waals surface area contributed by atoms with Crippen LogP contribution >= 0.6 is 0 Å². The van der Waals surface area contributed by atoms with Crippen molar-refractivity contribution < 1.29 is 14.6 Å². The van der Waals surface area contributed by atoms with Crippen LogP contribution in [0.4, 0.5) is 0 Å². The molecule has 0 saturated heterocycles. The van der Waals surface area contributed by atoms with Gasteiger partial charge in [0, 0.05) is 6.54 Å². The molecule has 110 valence electrons. The van der Waals surface area contributed by atoms with E-state index in [1.165, 1.54) is 0 Å². The molecule has 0 fully saturated rings. The van der Waals surface area contributed by atoms with Gasteiger partial charge in [0.15, 0.2) is 0 Å². The van der Waals surface area contributed by atoms with Crippen molar-refractivity contribution in [2.75, 3.05) is 7.11 Å². The predicted molar refractivity (Wildman–Crippen MR) is 81.4 cm³/mol. The lowest BCUT2D eigenvalue weighted by molar-refractivity contribution is -0.139. The Morgan fingerprint density at radius 3 is 2.52 bits per heavy atom. The first-order valence-corrected chi connectivity index (χ1v) is 6.76. The molecular formula is C17H19NO3. The lowest BCUT2D eigenvalue weighted by Crippen LogP contribution is -2.28. The maximum Gasteiger partial charge on any atom is 0.325 e. The molecular weight excluding hydrogens is 266 g/mol. The lowest BCUT2D eigenvalue weighted by Gasteiger charge is -2.15. The molecule has 0 spiro atoms. The summed E-state index contributed by atoms with van der Waals surface area (Å²) in [6.45, 7) is 2.43. The van der Waals surface area contributed by atoms with Crippen molar-refractivity contribution in [3.05, 3.63) is 65.2 Å². The van der Waals surface area contributed by atoms with Crippen LogP contribution in [0.5, 0.6) is 5.75 Å². The molecule has 0 aliphatic carbocycles. The largest absolute Gasteiger partial charge is 0.497 e. The zero-order valence-electron chi connectivity index (χ0n) is 12.2. The van der Waals surface area contributed by atoms with Crippen LogP contribution in [0.1, 0.15) is 22.7 Å². The van der Waals surface area contributed by atoms with Crippen molar-refractivity contribution in [2.45, 2.75) is 19.5 Å². The van der Waals surface area contributed by atoms with Crippen molar-refractivity contribution in [3.8, 4) is 5.75 Å². The van der Waals surface area contributed by atoms with Crippen LogP contribution in [-0.2, 0) is 11.3 Å². The average molecular weight is 285 g/mol. The summed E-state index contributed by atoms with van der Waals surface area (Å²) in [6, 6.07) is 14.4. The van der Waals surface area contributed by atoms with E-state index in [9.17, 15) is 9.90 Å². The molecule has 2 N–H and O–H groups in total. The Labute approximate surface area is 124 Å². The van der Waals surface area contributed by atoms with Gasteiger partial charge in [-0.25, -0.2) is 0 Å². The van der Waals surface area contributed by atoms with E-state index in [1.807, 2.05) is 55.5 Å². The Morgan fingerprint density at radius 1 is 1.24 bits per heavy atom. The zero-order chi connectivity index (χ0) is 15.2. The van der Waals surface area contributed by atoms with E-state index in [2.05, 4.69) is 5.32 Å². The number of nitrogens with one attached hydrogen (secondary N) is 1. The van der Waals surface area contributed by atoms with Gasteiger partial charge in [-0.1, -0.05) is 42.0 Å². The monoisotopic (exact) mass is 285 g/mol. The zero-order valence-corrected chi connectivity index (χ0v) is 12.2. The minimum Gasteiger partial charge on any atom is -0.497 e. The van der Waals surface area contributed by atoms with E-state index in [4.69, 9.17) is 4.74 Å². The quantitative estimate of drug-likeness (QED) is 0.856. The molecule has 0 aliphatic heterocycles. The molecule has 0 amide bonds. The number of carboxylic acids is 1. The molecule has 4 nitrogen and oxygen atoms in total. The normalized spacial score (nSPS) is 11.9. The third-order valence-corrected chi connectivity index (χ3v) is 3.29. The summed E-state index contributed by atoms with van der Waals surface area (Å²) in [4.78, 5) is 11.5. The first-order valence-electron chi connectivity index (χ1n) is 6.76. The molecule has 2 aromatic carbocycles. The Bertz CT molecular complexity index is 608. The molecule has 2 rings (SSSR count). The fourth-order valence-corrected chi connectivity index (χ4v) is 2.16. The maximum absolute atomic E-state index is 11.5. The van der Waals surface area contributed by atoms with Crippen LogP contribution in [0.3, 0.4) is 0 Å². The third-order valence-electron chi connectivity index (χ3n) is 3.29. The summed E-state index contributed by atoms with van der Waals surface area (Å²) in [5.41, 5.74) is 2.82. The second kappa shape index (κ2) is 6.90. The van der Waals surface area contributed by atoms with E-state index in [-0.39, 0.29) is 0 Å². The first kappa shape index (κ1) is 15.1. The molecule has 0 radical (unpaired) electrons. The summed E-state index contributed by atoms with van der Waals surface area (Å²) < 4.78 is 5.10. The molecule has 0 saturated carbocycles. The Morgan fingerprint density at radius 2 is 1.95 bits per heavy atom. The minimum absolute atomic E-state index is 0.481. The van der Waals surface area contributed by atoms with Crippen LogP contribution in [0.15, 0.2) is 48.5 Å². The molecule has 1 unspecified atom stereocenters. The van der Waals surface area contributed by atoms with Crippen LogP contribution in [-0.4, -0.2) is 18.2 Å². The van der Waals surface area contributed by atoms with Gasteiger partial charge in [-0.3, -0.25) is 10.1 Å². The van der Waals surface area contributed by atoms with Crippen molar-refractivity contribution >= 4 is 5.97 Å². The minimum atomic E-state index is -0.880. The van der Waals surface area contributed by atoms with Crippen LogP contribution in [0.25, 0.3) is 0 Å². The third kappa shape index (κ3) is 4.07. The van der Waals surface area contributed by atoms with Crippen LogP contribution in [0, 0.1) is 6.92 Å². The van der Waals surface area contributed by atoms with Gasteiger partial charge in [-0.2, -0.15) is 0 Å². The van der Waals surface area contributed by atoms with Gasteiger partial charge in [0.1, 0.15) is 11.8 Å². The highest BCUT2D eigenvalue weighted by Crippen LogP contribution is 2.17. The molecule has 0 aliphatic rings. The Balaban J connectivity index is 2.08. The van der Waals surface area contributed by atoms with E-state index in [0.29, 0.717) is 6.54 Å². The van der Waals surface area contributed by atoms with E-state index in [1.54, 1.807) is 7.11 Å². The van der Waals surface area contributed by atoms with Crippen molar-refractivity contribution in [1.29, 1.82) is 0 Å². The smallest absolute Gasteiger partial charge is 0.325 e. The molecule has 4 heteroatoms. The fraction of sp³-hybridized carbons (Fsp3) is 0.235. The number of methoxy groups -OCH3 is 1. The molecule has 2 aromatic rings. The highest BCUT2D eigenvalue weighted by molar-refractivity contribution is 5.75. The summed E-state index contributed by atoms with van der Waals surface area (Å²) >= 11 is 0. The second-order valence-corrected chi connectivity index (χ2v) is 4.91. The number of hydrogen-bond acceptors (Lipinski definition) is 3. The number of aryl methyl sites for hydroxylation is 1. The van der Waals surface area contributed by atoms with Gasteiger partial charge in [0.05, 0.1) is 7.11 Å². The SMILES string of the molecule is COc1ccc(CNC(C(=O)O)c2cccc(C)c2)cc1. The molecule has 1 atom stereocenters. The van der Waals surface area contributed by atoms with Crippen LogP contribution < -0.4 is 10.1 Å². The standard InChI is InChI=1S/C17H19NO3/c1-12-4-3-5-14(10-12)16(17(19)20)18-11-13-6-8-15(21-2)9-7-13/h3-10,16,18H,11H2,1-2H3,(H,19,20). The number of aliphatic carboxylic acids is 1. The van der Waals surface area contributed by atoms with Crippen molar-refractivity contribution in [2.24, 2.45) is 0 Å². The van der Waals surface area contributed by atoms with Gasteiger partial charge in [0.2, 0.25) is 0 Å². The molecule has 0 heterocycles. The fourth-order valence-electron chi connectivity index (χ4n) is 2.16. The average Bonchev–Trinajstić information content (AvgIpc) is 2.48. The predicted octanol–water partition coefficient (Wildman–Crippen LogP) is 2.92. The number of carbonyl (C=O) groups is 1. The Kier molecular flexibility index (Phi) is 4.95. The van der Waals surface area contributed by atoms with Gasteiger partial charge in [0.25, 0.3) is 0 Å². The summed E-state index contributed by atoms with van der Waals surface area (Å²) in [6.07, 6.45) is 0. The van der Waals surface area contributed by atoms with Gasteiger partial charge in [-0.05, 0) is 30.2 Å². The topological polar surface area (TPSA) is 58.6 Å². The number of carboxylic acid groups (broad SMARTS) is 1. The molecule has 21 heavy (non-hydrogen) atoms. The van der Waals surface area contributed by atoms with E-state index >= 15 is 0 Å².